The fraction of sp³-hybridized carbons (Fsp3) is 0.538. The summed E-state index contributed by atoms with van der Waals surface area (Å²) in [7, 11) is 0. The molecule has 5 nitrogen and oxygen atoms in total. The quantitative estimate of drug-likeness (QED) is 0.597. The number of hydrazine groups is 1. The van der Waals surface area contributed by atoms with Gasteiger partial charge in [0.05, 0.1) is 5.69 Å². The van der Waals surface area contributed by atoms with Crippen molar-refractivity contribution in [2.75, 3.05) is 18.5 Å². The van der Waals surface area contributed by atoms with Gasteiger partial charge >= 0.3 is 0 Å². The summed E-state index contributed by atoms with van der Waals surface area (Å²) >= 11 is 0. The Kier molecular flexibility index (Phi) is 5.58. The number of hydrogen-bond donors (Lipinski definition) is 2. The van der Waals surface area contributed by atoms with Gasteiger partial charge in [0.2, 0.25) is 0 Å². The van der Waals surface area contributed by atoms with Crippen LogP contribution in [0.15, 0.2) is 18.3 Å². The molecule has 1 aromatic heterocycles. The molecule has 1 amide bonds. The van der Waals surface area contributed by atoms with Crippen LogP contribution in [0.4, 0.5) is 5.69 Å². The van der Waals surface area contributed by atoms with E-state index in [1.165, 1.54) is 0 Å². The van der Waals surface area contributed by atoms with Gasteiger partial charge in [0.1, 0.15) is 5.69 Å². The molecule has 0 aliphatic heterocycles. The number of nitrogen functional groups attached to an aromatic ring is 1. The average Bonchev–Trinajstić information content (AvgIpc) is 2.43. The molecule has 18 heavy (non-hydrogen) atoms. The van der Waals surface area contributed by atoms with Gasteiger partial charge < -0.3 is 10.3 Å². The third kappa shape index (κ3) is 3.70. The summed E-state index contributed by atoms with van der Waals surface area (Å²) in [6.07, 6.45) is 2.64. The van der Waals surface area contributed by atoms with Crippen molar-refractivity contribution in [3.8, 4) is 0 Å². The Hall–Kier alpha value is -1.62. The SMILES string of the molecule is CCC(C)CN(CC)C(=O)c1cc(NN)ccn1. The van der Waals surface area contributed by atoms with Gasteiger partial charge in [-0.3, -0.25) is 15.6 Å². The number of aromatic nitrogens is 1. The van der Waals surface area contributed by atoms with Crippen molar-refractivity contribution in [2.24, 2.45) is 11.8 Å². The van der Waals surface area contributed by atoms with Gasteiger partial charge in [0.15, 0.2) is 0 Å². The summed E-state index contributed by atoms with van der Waals surface area (Å²) in [6, 6.07) is 3.39. The summed E-state index contributed by atoms with van der Waals surface area (Å²) in [4.78, 5) is 18.2. The molecule has 0 aliphatic rings. The maximum atomic E-state index is 12.3. The first-order valence-corrected chi connectivity index (χ1v) is 6.34. The van der Waals surface area contributed by atoms with Crippen LogP contribution >= 0.6 is 0 Å². The second kappa shape index (κ2) is 6.96. The van der Waals surface area contributed by atoms with Crippen molar-refractivity contribution in [1.29, 1.82) is 0 Å². The highest BCUT2D eigenvalue weighted by Gasteiger charge is 2.17. The smallest absolute Gasteiger partial charge is 0.272 e. The summed E-state index contributed by atoms with van der Waals surface area (Å²) in [5.41, 5.74) is 3.63. The molecule has 0 saturated carbocycles. The third-order valence-corrected chi connectivity index (χ3v) is 3.04. The average molecular weight is 250 g/mol. The standard InChI is InChI=1S/C13H22N4O/c1-4-10(3)9-17(5-2)13(18)12-8-11(16-14)6-7-15-12/h6-8,10H,4-5,9,14H2,1-3H3,(H,15,16). The van der Waals surface area contributed by atoms with Crippen molar-refractivity contribution in [1.82, 2.24) is 9.88 Å². The van der Waals surface area contributed by atoms with Crippen molar-refractivity contribution in [3.63, 3.8) is 0 Å². The van der Waals surface area contributed by atoms with Crippen LogP contribution in [0, 0.1) is 5.92 Å². The maximum Gasteiger partial charge on any atom is 0.272 e. The minimum atomic E-state index is -0.0464. The van der Waals surface area contributed by atoms with Crippen LogP contribution in [-0.4, -0.2) is 28.9 Å². The first-order valence-electron chi connectivity index (χ1n) is 6.34. The molecule has 0 spiro atoms. The topological polar surface area (TPSA) is 71.2 Å². The molecule has 0 aliphatic carbocycles. The lowest BCUT2D eigenvalue weighted by Gasteiger charge is -2.23. The largest absolute Gasteiger partial charge is 0.337 e. The van der Waals surface area contributed by atoms with E-state index >= 15 is 0 Å². The third-order valence-electron chi connectivity index (χ3n) is 3.04. The van der Waals surface area contributed by atoms with Crippen LogP contribution in [0.3, 0.4) is 0 Å². The normalized spacial score (nSPS) is 12.0. The van der Waals surface area contributed by atoms with E-state index in [0.29, 0.717) is 23.8 Å². The van der Waals surface area contributed by atoms with E-state index in [1.807, 2.05) is 11.8 Å². The lowest BCUT2D eigenvalue weighted by atomic mass is 10.1. The lowest BCUT2D eigenvalue weighted by Crippen LogP contribution is -2.35. The first-order chi connectivity index (χ1) is 8.62. The molecular weight excluding hydrogens is 228 g/mol. The van der Waals surface area contributed by atoms with E-state index in [4.69, 9.17) is 5.84 Å². The highest BCUT2D eigenvalue weighted by Crippen LogP contribution is 2.11. The van der Waals surface area contributed by atoms with Crippen LogP contribution in [0.1, 0.15) is 37.7 Å². The highest BCUT2D eigenvalue weighted by molar-refractivity contribution is 5.93. The summed E-state index contributed by atoms with van der Waals surface area (Å²) in [5, 5.41) is 0. The molecule has 0 aromatic carbocycles. The Labute approximate surface area is 108 Å². The van der Waals surface area contributed by atoms with Crippen molar-refractivity contribution in [3.05, 3.63) is 24.0 Å². The monoisotopic (exact) mass is 250 g/mol. The molecule has 1 heterocycles. The number of amides is 1. The molecule has 1 unspecified atom stereocenters. The van der Waals surface area contributed by atoms with Gasteiger partial charge in [-0.15, -0.1) is 0 Å². The van der Waals surface area contributed by atoms with E-state index in [1.54, 1.807) is 18.3 Å². The van der Waals surface area contributed by atoms with E-state index in [-0.39, 0.29) is 5.91 Å². The Balaban J connectivity index is 2.82. The van der Waals surface area contributed by atoms with Crippen LogP contribution in [0.5, 0.6) is 0 Å². The number of nitrogens with zero attached hydrogens (tertiary/aromatic N) is 2. The number of nitrogens with one attached hydrogen (secondary N) is 1. The Morgan fingerprint density at radius 3 is 2.83 bits per heavy atom. The van der Waals surface area contributed by atoms with Gasteiger partial charge in [-0.1, -0.05) is 20.3 Å². The summed E-state index contributed by atoms with van der Waals surface area (Å²) < 4.78 is 0. The number of pyridine rings is 1. The van der Waals surface area contributed by atoms with Crippen LogP contribution in [-0.2, 0) is 0 Å². The van der Waals surface area contributed by atoms with Gasteiger partial charge in [0, 0.05) is 19.3 Å². The number of carbonyl (C=O) groups excluding carboxylic acids is 1. The van der Waals surface area contributed by atoms with E-state index < -0.39 is 0 Å². The number of anilines is 1. The van der Waals surface area contributed by atoms with Crippen LogP contribution in [0.25, 0.3) is 0 Å². The van der Waals surface area contributed by atoms with Gasteiger partial charge in [-0.2, -0.15) is 0 Å². The molecule has 0 saturated heterocycles. The minimum absolute atomic E-state index is 0.0464. The zero-order chi connectivity index (χ0) is 13.5. The van der Waals surface area contributed by atoms with Gasteiger partial charge in [-0.25, -0.2) is 0 Å². The predicted molar refractivity (Wildman–Crippen MR) is 73.1 cm³/mol. The highest BCUT2D eigenvalue weighted by atomic mass is 16.2. The van der Waals surface area contributed by atoms with Gasteiger partial charge in [0.25, 0.3) is 5.91 Å². The second-order valence-corrected chi connectivity index (χ2v) is 4.43. The van der Waals surface area contributed by atoms with Gasteiger partial charge in [-0.05, 0) is 25.0 Å². The fourth-order valence-electron chi connectivity index (χ4n) is 1.66. The molecule has 5 heteroatoms. The molecule has 1 atom stereocenters. The summed E-state index contributed by atoms with van der Waals surface area (Å²) in [6.45, 7) is 7.69. The number of carbonyl (C=O) groups is 1. The number of hydrogen-bond acceptors (Lipinski definition) is 4. The first kappa shape index (κ1) is 14.4. The fourth-order valence-corrected chi connectivity index (χ4v) is 1.66. The second-order valence-electron chi connectivity index (χ2n) is 4.43. The van der Waals surface area contributed by atoms with Crippen LogP contribution in [0.2, 0.25) is 0 Å². The van der Waals surface area contributed by atoms with Crippen molar-refractivity contribution >= 4 is 11.6 Å². The molecule has 100 valence electrons. The van der Waals surface area contributed by atoms with Crippen molar-refractivity contribution in [2.45, 2.75) is 27.2 Å². The molecule has 3 N–H and O–H groups in total. The molecule has 0 fully saturated rings. The zero-order valence-electron chi connectivity index (χ0n) is 11.3. The molecule has 1 aromatic rings. The maximum absolute atomic E-state index is 12.3. The Morgan fingerprint density at radius 1 is 1.56 bits per heavy atom. The molecule has 0 radical (unpaired) electrons. The molecule has 1 rings (SSSR count). The summed E-state index contributed by atoms with van der Waals surface area (Å²) in [5.74, 6) is 5.77. The van der Waals surface area contributed by atoms with Crippen LogP contribution < -0.4 is 11.3 Å². The lowest BCUT2D eigenvalue weighted by molar-refractivity contribution is 0.0735. The molecular formula is C13H22N4O. The minimum Gasteiger partial charge on any atom is -0.337 e. The van der Waals surface area contributed by atoms with E-state index in [9.17, 15) is 4.79 Å². The number of rotatable bonds is 6. The Morgan fingerprint density at radius 2 is 2.28 bits per heavy atom. The van der Waals surface area contributed by atoms with E-state index in [0.717, 1.165) is 13.0 Å². The Bertz CT molecular complexity index is 394. The zero-order valence-corrected chi connectivity index (χ0v) is 11.3. The predicted octanol–water partition coefficient (Wildman–Crippen LogP) is 1.88. The van der Waals surface area contributed by atoms with E-state index in [2.05, 4.69) is 24.3 Å². The number of nitrogens with two attached hydrogens (primary N) is 1. The molecule has 0 bridgehead atoms. The van der Waals surface area contributed by atoms with Crippen molar-refractivity contribution < 1.29 is 4.79 Å².